The summed E-state index contributed by atoms with van der Waals surface area (Å²) in [6, 6.07) is 0. The van der Waals surface area contributed by atoms with Gasteiger partial charge in [0.25, 0.3) is 0 Å². The molecule has 0 fully saturated rings. The van der Waals surface area contributed by atoms with Crippen LogP contribution in [0.4, 0.5) is 0 Å². The summed E-state index contributed by atoms with van der Waals surface area (Å²) in [5.41, 5.74) is 1.18. The summed E-state index contributed by atoms with van der Waals surface area (Å²) < 4.78 is 0. The van der Waals surface area contributed by atoms with Crippen LogP contribution in [0.15, 0.2) is 10.4 Å². The van der Waals surface area contributed by atoms with Crippen LogP contribution in [0.25, 0.3) is 0 Å². The monoisotopic (exact) mass is 410 g/mol. The smallest absolute Gasteiger partial charge is 0.191 e. The lowest BCUT2D eigenvalue weighted by molar-refractivity contribution is 0.501. The molecule has 0 saturated carbocycles. The fourth-order valence-electron chi connectivity index (χ4n) is 1.57. The molecule has 6 heteroatoms. The minimum Gasteiger partial charge on any atom is -0.357 e. The summed E-state index contributed by atoms with van der Waals surface area (Å²) in [7, 11) is 0. The molecule has 0 aliphatic heterocycles. The molecule has 1 rings (SSSR count). The average molecular weight is 410 g/mol. The quantitative estimate of drug-likeness (QED) is 0.445. The van der Waals surface area contributed by atoms with Crippen molar-refractivity contribution < 1.29 is 0 Å². The van der Waals surface area contributed by atoms with E-state index in [0.29, 0.717) is 0 Å². The summed E-state index contributed by atoms with van der Waals surface area (Å²) in [4.78, 5) is 9.14. The van der Waals surface area contributed by atoms with Crippen LogP contribution in [0.1, 0.15) is 45.3 Å². The molecule has 0 unspecified atom stereocenters. The maximum atomic E-state index is 4.59. The van der Waals surface area contributed by atoms with Crippen LogP contribution in [0.2, 0.25) is 0 Å². The highest BCUT2D eigenvalue weighted by Crippen LogP contribution is 2.10. The highest BCUT2D eigenvalue weighted by Gasteiger charge is 2.11. The second kappa shape index (κ2) is 9.55. The lowest BCUT2D eigenvalue weighted by Gasteiger charge is -2.23. The number of hydrogen-bond acceptors (Lipinski definition) is 3. The molecule has 0 aliphatic carbocycles. The number of rotatable bonds is 5. The van der Waals surface area contributed by atoms with Gasteiger partial charge in [-0.2, -0.15) is 0 Å². The van der Waals surface area contributed by atoms with Crippen molar-refractivity contribution in [3.63, 3.8) is 0 Å². The first-order valence-corrected chi connectivity index (χ1v) is 7.82. The van der Waals surface area contributed by atoms with E-state index in [2.05, 4.69) is 60.6 Å². The fraction of sp³-hybridized carbons (Fsp3) is 0.714. The highest BCUT2D eigenvalue weighted by atomic mass is 127. The van der Waals surface area contributed by atoms with Crippen LogP contribution in [0.3, 0.4) is 0 Å². The van der Waals surface area contributed by atoms with Gasteiger partial charge in [-0.1, -0.05) is 6.92 Å². The van der Waals surface area contributed by atoms with Crippen molar-refractivity contribution in [2.45, 2.75) is 53.0 Å². The van der Waals surface area contributed by atoms with E-state index in [0.717, 1.165) is 37.6 Å². The van der Waals surface area contributed by atoms with Crippen molar-refractivity contribution in [3.05, 3.63) is 16.1 Å². The lowest BCUT2D eigenvalue weighted by Crippen LogP contribution is -2.47. The summed E-state index contributed by atoms with van der Waals surface area (Å²) >= 11 is 1.74. The molecule has 0 radical (unpaired) electrons. The number of hydrogen-bond donors (Lipinski definition) is 2. The Bertz CT molecular complexity index is 410. The Morgan fingerprint density at radius 3 is 2.55 bits per heavy atom. The second-order valence-electron chi connectivity index (χ2n) is 5.47. The third-order valence-electron chi connectivity index (χ3n) is 2.38. The molecule has 0 atom stereocenters. The molecule has 20 heavy (non-hydrogen) atoms. The Kier molecular flexibility index (Phi) is 9.37. The standard InChI is InChI=1S/C14H26N4S.HI/c1-6-12-17-11(10-19-12)8-9-16-13(15-7-2)18-14(3,4)5;/h10H,6-9H2,1-5H3,(H2,15,16,18);1H. The molecule has 0 saturated heterocycles. The van der Waals surface area contributed by atoms with Crippen LogP contribution < -0.4 is 10.6 Å². The van der Waals surface area contributed by atoms with Crippen LogP contribution in [0.5, 0.6) is 0 Å². The Balaban J connectivity index is 0.00000361. The van der Waals surface area contributed by atoms with E-state index in [-0.39, 0.29) is 29.5 Å². The topological polar surface area (TPSA) is 49.3 Å². The molecule has 1 aromatic heterocycles. The Labute approximate surface area is 143 Å². The molecule has 0 amide bonds. The number of aromatic nitrogens is 1. The van der Waals surface area contributed by atoms with Crippen molar-refractivity contribution in [1.82, 2.24) is 15.6 Å². The van der Waals surface area contributed by atoms with Gasteiger partial charge in [0.05, 0.1) is 10.7 Å². The van der Waals surface area contributed by atoms with Crippen LogP contribution in [-0.4, -0.2) is 29.6 Å². The van der Waals surface area contributed by atoms with E-state index in [1.54, 1.807) is 11.3 Å². The molecule has 1 heterocycles. The van der Waals surface area contributed by atoms with Crippen molar-refractivity contribution in [2.75, 3.05) is 13.1 Å². The molecule has 116 valence electrons. The second-order valence-corrected chi connectivity index (χ2v) is 6.41. The Hall–Kier alpha value is -0.370. The number of aliphatic imine (C=N–C) groups is 1. The summed E-state index contributed by atoms with van der Waals surface area (Å²) in [5, 5.41) is 9.99. The minimum atomic E-state index is 0. The van der Waals surface area contributed by atoms with E-state index < -0.39 is 0 Å². The molecule has 0 aromatic carbocycles. The van der Waals surface area contributed by atoms with E-state index in [9.17, 15) is 0 Å². The highest BCUT2D eigenvalue weighted by molar-refractivity contribution is 14.0. The zero-order chi connectivity index (χ0) is 14.3. The third-order valence-corrected chi connectivity index (χ3v) is 3.42. The first-order valence-electron chi connectivity index (χ1n) is 6.94. The normalized spacial score (nSPS) is 11.9. The number of nitrogens with zero attached hydrogens (tertiary/aromatic N) is 2. The predicted octanol–water partition coefficient (Wildman–Crippen LogP) is 3.22. The van der Waals surface area contributed by atoms with Gasteiger partial charge in [-0.05, 0) is 34.1 Å². The van der Waals surface area contributed by atoms with Gasteiger partial charge in [0.1, 0.15) is 0 Å². The number of thiazole rings is 1. The van der Waals surface area contributed by atoms with Crippen molar-refractivity contribution in [3.8, 4) is 0 Å². The van der Waals surface area contributed by atoms with E-state index in [1.807, 2.05) is 0 Å². The maximum Gasteiger partial charge on any atom is 0.191 e. The van der Waals surface area contributed by atoms with Gasteiger partial charge in [-0.25, -0.2) is 4.98 Å². The minimum absolute atomic E-state index is 0. The van der Waals surface area contributed by atoms with E-state index in [1.165, 1.54) is 5.01 Å². The van der Waals surface area contributed by atoms with Crippen LogP contribution in [0, 0.1) is 0 Å². The molecule has 2 N–H and O–H groups in total. The van der Waals surface area contributed by atoms with E-state index in [4.69, 9.17) is 0 Å². The van der Waals surface area contributed by atoms with Crippen molar-refractivity contribution >= 4 is 41.3 Å². The zero-order valence-corrected chi connectivity index (χ0v) is 16.3. The molecular formula is C14H27IN4S. The Morgan fingerprint density at radius 1 is 1.35 bits per heavy atom. The summed E-state index contributed by atoms with van der Waals surface area (Å²) in [6.45, 7) is 12.2. The molecule has 0 aliphatic rings. The summed E-state index contributed by atoms with van der Waals surface area (Å²) in [6.07, 6.45) is 1.92. The first kappa shape index (κ1) is 19.6. The van der Waals surface area contributed by atoms with Crippen LogP contribution >= 0.6 is 35.3 Å². The van der Waals surface area contributed by atoms with E-state index >= 15 is 0 Å². The van der Waals surface area contributed by atoms with Gasteiger partial charge >= 0.3 is 0 Å². The van der Waals surface area contributed by atoms with Gasteiger partial charge in [-0.3, -0.25) is 4.99 Å². The average Bonchev–Trinajstić information content (AvgIpc) is 2.75. The molecule has 0 bridgehead atoms. The molecule has 1 aromatic rings. The van der Waals surface area contributed by atoms with Gasteiger partial charge in [0, 0.05) is 30.4 Å². The molecule has 4 nitrogen and oxygen atoms in total. The van der Waals surface area contributed by atoms with Crippen molar-refractivity contribution in [2.24, 2.45) is 4.99 Å². The third kappa shape index (κ3) is 8.04. The lowest BCUT2D eigenvalue weighted by atomic mass is 10.1. The Morgan fingerprint density at radius 2 is 2.05 bits per heavy atom. The van der Waals surface area contributed by atoms with Gasteiger partial charge < -0.3 is 10.6 Å². The zero-order valence-electron chi connectivity index (χ0n) is 13.1. The van der Waals surface area contributed by atoms with Crippen molar-refractivity contribution in [1.29, 1.82) is 0 Å². The number of aryl methyl sites for hydroxylation is 1. The molecular weight excluding hydrogens is 383 g/mol. The van der Waals surface area contributed by atoms with Gasteiger partial charge in [0.15, 0.2) is 5.96 Å². The predicted molar refractivity (Wildman–Crippen MR) is 99.5 cm³/mol. The number of guanidine groups is 1. The van der Waals surface area contributed by atoms with Crippen LogP contribution in [-0.2, 0) is 12.8 Å². The summed E-state index contributed by atoms with van der Waals surface area (Å²) in [5.74, 6) is 0.876. The first-order chi connectivity index (χ1) is 8.94. The SMILES string of the molecule is CCNC(=NCCc1csc(CC)n1)NC(C)(C)C.I. The fourth-order valence-corrected chi connectivity index (χ4v) is 2.35. The number of halogens is 1. The molecule has 0 spiro atoms. The largest absolute Gasteiger partial charge is 0.357 e. The number of nitrogens with one attached hydrogen (secondary N) is 2. The van der Waals surface area contributed by atoms with Gasteiger partial charge in [-0.15, -0.1) is 35.3 Å². The maximum absolute atomic E-state index is 4.59. The van der Waals surface area contributed by atoms with Gasteiger partial charge in [0.2, 0.25) is 0 Å².